The number of halogens is 1. The van der Waals surface area contributed by atoms with Gasteiger partial charge in [-0.15, -0.1) is 0 Å². The molecule has 0 spiro atoms. The van der Waals surface area contributed by atoms with Crippen LogP contribution in [0.25, 0.3) is 0 Å². The predicted molar refractivity (Wildman–Crippen MR) is 120 cm³/mol. The highest BCUT2D eigenvalue weighted by Crippen LogP contribution is 2.22. The first-order valence-corrected chi connectivity index (χ1v) is 9.93. The van der Waals surface area contributed by atoms with E-state index in [4.69, 9.17) is 4.74 Å². The molecule has 8 heteroatoms. The molecule has 3 rings (SSSR count). The summed E-state index contributed by atoms with van der Waals surface area (Å²) in [4.78, 5) is 36.5. The summed E-state index contributed by atoms with van der Waals surface area (Å²) < 4.78 is 19.2. The summed E-state index contributed by atoms with van der Waals surface area (Å²) in [6, 6.07) is 19.0. The highest BCUT2D eigenvalue weighted by atomic mass is 19.1. The van der Waals surface area contributed by atoms with Crippen LogP contribution >= 0.6 is 0 Å². The first-order valence-electron chi connectivity index (χ1n) is 9.93. The minimum Gasteiger partial charge on any atom is -0.483 e. The third-order valence-corrected chi connectivity index (χ3v) is 4.36. The summed E-state index contributed by atoms with van der Waals surface area (Å²) in [6.07, 6.45) is 0.339. The SMILES string of the molecule is CCC(=O)Nc1cccc(NC(=O)c2ccccc2OCC(=O)Nc2ccccc2F)c1. The van der Waals surface area contributed by atoms with Crippen molar-refractivity contribution >= 4 is 34.8 Å². The lowest BCUT2D eigenvalue weighted by Gasteiger charge is -2.13. The molecule has 3 aromatic rings. The van der Waals surface area contributed by atoms with Crippen molar-refractivity contribution in [2.45, 2.75) is 13.3 Å². The van der Waals surface area contributed by atoms with Crippen molar-refractivity contribution in [3.8, 4) is 5.75 Å². The Balaban J connectivity index is 1.65. The van der Waals surface area contributed by atoms with Crippen molar-refractivity contribution in [3.63, 3.8) is 0 Å². The number of amides is 3. The van der Waals surface area contributed by atoms with Crippen molar-refractivity contribution in [3.05, 3.63) is 84.2 Å². The molecular formula is C24H22FN3O4. The van der Waals surface area contributed by atoms with E-state index < -0.39 is 24.2 Å². The molecule has 0 bridgehead atoms. The molecule has 0 aromatic heterocycles. The van der Waals surface area contributed by atoms with Gasteiger partial charge in [0, 0.05) is 17.8 Å². The molecule has 164 valence electrons. The van der Waals surface area contributed by atoms with Gasteiger partial charge in [0.1, 0.15) is 11.6 Å². The van der Waals surface area contributed by atoms with Gasteiger partial charge in [-0.05, 0) is 42.5 Å². The Morgan fingerprint density at radius 3 is 2.25 bits per heavy atom. The summed E-state index contributed by atoms with van der Waals surface area (Å²) >= 11 is 0. The summed E-state index contributed by atoms with van der Waals surface area (Å²) in [7, 11) is 0. The van der Waals surface area contributed by atoms with Gasteiger partial charge in [0.15, 0.2) is 6.61 Å². The standard InChI is InChI=1S/C24H22FN3O4/c1-2-22(29)26-16-8-7-9-17(14-16)27-24(31)18-10-3-6-13-21(18)32-15-23(30)28-20-12-5-4-11-19(20)25/h3-14H,2,15H2,1H3,(H,26,29)(H,27,31)(H,28,30). The number of carbonyl (C=O) groups is 3. The molecule has 0 saturated carbocycles. The molecule has 0 saturated heterocycles. The number of nitrogens with one attached hydrogen (secondary N) is 3. The van der Waals surface area contributed by atoms with E-state index in [9.17, 15) is 18.8 Å². The van der Waals surface area contributed by atoms with E-state index >= 15 is 0 Å². The van der Waals surface area contributed by atoms with E-state index in [1.165, 1.54) is 18.2 Å². The van der Waals surface area contributed by atoms with Gasteiger partial charge in [0.25, 0.3) is 11.8 Å². The number of anilines is 3. The van der Waals surface area contributed by atoms with Crippen LogP contribution in [0.2, 0.25) is 0 Å². The van der Waals surface area contributed by atoms with Gasteiger partial charge in [-0.3, -0.25) is 14.4 Å². The van der Waals surface area contributed by atoms with E-state index in [0.717, 1.165) is 0 Å². The maximum atomic E-state index is 13.7. The zero-order chi connectivity index (χ0) is 22.9. The van der Waals surface area contributed by atoms with Gasteiger partial charge >= 0.3 is 0 Å². The molecule has 0 heterocycles. The minimum atomic E-state index is -0.565. The van der Waals surface area contributed by atoms with Crippen molar-refractivity contribution in [2.24, 2.45) is 0 Å². The molecule has 3 aromatic carbocycles. The van der Waals surface area contributed by atoms with Crippen molar-refractivity contribution in [2.75, 3.05) is 22.6 Å². The lowest BCUT2D eigenvalue weighted by molar-refractivity contribution is -0.118. The third kappa shape index (κ3) is 6.15. The highest BCUT2D eigenvalue weighted by Gasteiger charge is 2.15. The van der Waals surface area contributed by atoms with Gasteiger partial charge in [0.05, 0.1) is 11.3 Å². The second-order valence-corrected chi connectivity index (χ2v) is 6.75. The number of rotatable bonds is 8. The predicted octanol–water partition coefficient (Wildman–Crippen LogP) is 4.44. The summed E-state index contributed by atoms with van der Waals surface area (Å²) in [5, 5.41) is 7.89. The maximum Gasteiger partial charge on any atom is 0.262 e. The Kier molecular flexibility index (Phi) is 7.53. The largest absolute Gasteiger partial charge is 0.483 e. The van der Waals surface area contributed by atoms with Crippen molar-refractivity contribution in [1.29, 1.82) is 0 Å². The van der Waals surface area contributed by atoms with Crippen LogP contribution in [0.5, 0.6) is 5.75 Å². The fourth-order valence-electron chi connectivity index (χ4n) is 2.79. The topological polar surface area (TPSA) is 96.5 Å². The molecule has 7 nitrogen and oxygen atoms in total. The summed E-state index contributed by atoms with van der Waals surface area (Å²) in [5.41, 5.74) is 1.30. The van der Waals surface area contributed by atoms with E-state index in [1.807, 2.05) is 0 Å². The Morgan fingerprint density at radius 1 is 0.812 bits per heavy atom. The van der Waals surface area contributed by atoms with E-state index in [-0.39, 0.29) is 22.9 Å². The second-order valence-electron chi connectivity index (χ2n) is 6.75. The van der Waals surface area contributed by atoms with E-state index in [0.29, 0.717) is 17.8 Å². The minimum absolute atomic E-state index is 0.0437. The molecule has 0 fully saturated rings. The molecule has 0 aliphatic heterocycles. The maximum absolute atomic E-state index is 13.7. The molecule has 0 aliphatic rings. The first kappa shape index (κ1) is 22.5. The normalized spacial score (nSPS) is 10.2. The molecular weight excluding hydrogens is 413 g/mol. The number of hydrogen-bond acceptors (Lipinski definition) is 4. The zero-order valence-corrected chi connectivity index (χ0v) is 17.4. The zero-order valence-electron chi connectivity index (χ0n) is 17.4. The summed E-state index contributed by atoms with van der Waals surface area (Å²) in [6.45, 7) is 1.34. The van der Waals surface area contributed by atoms with Gasteiger partial charge in [-0.25, -0.2) is 4.39 Å². The molecule has 3 amide bonds. The molecule has 0 unspecified atom stereocenters. The number of carbonyl (C=O) groups excluding carboxylic acids is 3. The molecule has 3 N–H and O–H groups in total. The second kappa shape index (κ2) is 10.7. The average Bonchev–Trinajstić information content (AvgIpc) is 2.79. The monoisotopic (exact) mass is 435 g/mol. The lowest BCUT2D eigenvalue weighted by atomic mass is 10.1. The van der Waals surface area contributed by atoms with Crippen molar-refractivity contribution < 1.29 is 23.5 Å². The van der Waals surface area contributed by atoms with Crippen LogP contribution in [-0.4, -0.2) is 24.3 Å². The molecule has 0 radical (unpaired) electrons. The Hall–Kier alpha value is -4.20. The Labute approximate surface area is 184 Å². The third-order valence-electron chi connectivity index (χ3n) is 4.36. The number of hydrogen-bond donors (Lipinski definition) is 3. The molecule has 0 atom stereocenters. The van der Waals surface area contributed by atoms with Gasteiger partial charge < -0.3 is 20.7 Å². The quantitative estimate of drug-likeness (QED) is 0.487. The molecule has 32 heavy (non-hydrogen) atoms. The fraction of sp³-hybridized carbons (Fsp3) is 0.125. The first-order chi connectivity index (χ1) is 15.5. The molecule has 0 aliphatic carbocycles. The summed E-state index contributed by atoms with van der Waals surface area (Å²) in [5.74, 6) is -1.51. The number of ether oxygens (including phenoxy) is 1. The van der Waals surface area contributed by atoms with Gasteiger partial charge in [0.2, 0.25) is 5.91 Å². The van der Waals surface area contributed by atoms with Crippen LogP contribution in [0.15, 0.2) is 72.8 Å². The van der Waals surface area contributed by atoms with Crippen LogP contribution < -0.4 is 20.7 Å². The highest BCUT2D eigenvalue weighted by molar-refractivity contribution is 6.06. The number of benzene rings is 3. The van der Waals surface area contributed by atoms with Crippen LogP contribution in [-0.2, 0) is 9.59 Å². The fourth-order valence-corrected chi connectivity index (χ4v) is 2.79. The van der Waals surface area contributed by atoms with E-state index in [1.54, 1.807) is 61.5 Å². The van der Waals surface area contributed by atoms with Gasteiger partial charge in [-0.2, -0.15) is 0 Å². The van der Waals surface area contributed by atoms with Gasteiger partial charge in [-0.1, -0.05) is 37.3 Å². The van der Waals surface area contributed by atoms with Crippen LogP contribution in [0.3, 0.4) is 0 Å². The van der Waals surface area contributed by atoms with Crippen LogP contribution in [0, 0.1) is 5.82 Å². The van der Waals surface area contributed by atoms with Crippen LogP contribution in [0.1, 0.15) is 23.7 Å². The number of para-hydroxylation sites is 2. The average molecular weight is 435 g/mol. The smallest absolute Gasteiger partial charge is 0.262 e. The lowest BCUT2D eigenvalue weighted by Crippen LogP contribution is -2.22. The Bertz CT molecular complexity index is 1130. The van der Waals surface area contributed by atoms with Crippen LogP contribution in [0.4, 0.5) is 21.5 Å². The Morgan fingerprint density at radius 2 is 1.50 bits per heavy atom. The van der Waals surface area contributed by atoms with E-state index in [2.05, 4.69) is 16.0 Å². The van der Waals surface area contributed by atoms with Crippen molar-refractivity contribution in [1.82, 2.24) is 0 Å².